The van der Waals surface area contributed by atoms with Crippen LogP contribution in [-0.2, 0) is 0 Å². The number of hydrazone groups is 1. The van der Waals surface area contributed by atoms with Crippen molar-refractivity contribution in [1.82, 2.24) is 15.6 Å². The molecule has 0 atom stereocenters. The van der Waals surface area contributed by atoms with Crippen molar-refractivity contribution in [3.05, 3.63) is 53.7 Å². The molecule has 1 aliphatic rings. The molecule has 2 heterocycles. The van der Waals surface area contributed by atoms with Gasteiger partial charge in [-0.25, -0.2) is 5.43 Å². The summed E-state index contributed by atoms with van der Waals surface area (Å²) in [5.41, 5.74) is 4.90. The molecule has 9 nitrogen and oxygen atoms in total. The van der Waals surface area contributed by atoms with Gasteiger partial charge in [0.15, 0.2) is 23.0 Å². The maximum absolute atomic E-state index is 12.3. The number of aromatic amines is 1. The molecule has 0 aliphatic carbocycles. The summed E-state index contributed by atoms with van der Waals surface area (Å²) in [4.78, 5) is 12.3. The van der Waals surface area contributed by atoms with Gasteiger partial charge in [0, 0.05) is 5.56 Å². The Kier molecular flexibility index (Phi) is 5.02. The largest absolute Gasteiger partial charge is 0.493 e. The fourth-order valence-electron chi connectivity index (χ4n) is 2.80. The van der Waals surface area contributed by atoms with Gasteiger partial charge in [-0.3, -0.25) is 9.89 Å². The molecule has 0 spiro atoms. The third kappa shape index (κ3) is 3.84. The lowest BCUT2D eigenvalue weighted by Crippen LogP contribution is -2.18. The summed E-state index contributed by atoms with van der Waals surface area (Å²) in [6, 6.07) is 12.4. The highest BCUT2D eigenvalue weighted by atomic mass is 16.7. The molecule has 0 radical (unpaired) electrons. The number of nitrogens with one attached hydrogen (secondary N) is 2. The maximum atomic E-state index is 12.3. The topological polar surface area (TPSA) is 107 Å². The van der Waals surface area contributed by atoms with Crippen molar-refractivity contribution in [3.8, 4) is 34.3 Å². The van der Waals surface area contributed by atoms with Gasteiger partial charge in [0.2, 0.25) is 6.79 Å². The molecule has 0 bridgehead atoms. The summed E-state index contributed by atoms with van der Waals surface area (Å²) < 4.78 is 21.1. The summed E-state index contributed by atoms with van der Waals surface area (Å²) in [5, 5.41) is 10.9. The van der Waals surface area contributed by atoms with Gasteiger partial charge in [0.25, 0.3) is 5.91 Å². The number of rotatable bonds is 6. The molecule has 9 heteroatoms. The number of hydrogen-bond donors (Lipinski definition) is 2. The Hall–Kier alpha value is -4.01. The smallest absolute Gasteiger partial charge is 0.289 e. The minimum Gasteiger partial charge on any atom is -0.493 e. The second-order valence-electron chi connectivity index (χ2n) is 6.05. The summed E-state index contributed by atoms with van der Waals surface area (Å²) in [6.07, 6.45) is 1.51. The summed E-state index contributed by atoms with van der Waals surface area (Å²) in [6.45, 7) is 0.199. The van der Waals surface area contributed by atoms with Gasteiger partial charge in [-0.05, 0) is 48.0 Å². The second kappa shape index (κ2) is 7.93. The van der Waals surface area contributed by atoms with Crippen molar-refractivity contribution in [3.63, 3.8) is 0 Å². The van der Waals surface area contributed by atoms with Crippen molar-refractivity contribution < 1.29 is 23.7 Å². The van der Waals surface area contributed by atoms with Crippen LogP contribution in [0.3, 0.4) is 0 Å². The fraction of sp³-hybridized carbons (Fsp3) is 0.150. The third-order valence-corrected chi connectivity index (χ3v) is 4.28. The number of amides is 1. The molecule has 0 saturated carbocycles. The Morgan fingerprint density at radius 1 is 1.10 bits per heavy atom. The number of hydrogen-bond acceptors (Lipinski definition) is 7. The first-order valence-corrected chi connectivity index (χ1v) is 8.69. The van der Waals surface area contributed by atoms with E-state index < -0.39 is 5.91 Å². The molecule has 1 amide bonds. The lowest BCUT2D eigenvalue weighted by Gasteiger charge is -2.07. The van der Waals surface area contributed by atoms with Crippen LogP contribution in [0, 0.1) is 0 Å². The lowest BCUT2D eigenvalue weighted by atomic mass is 10.1. The van der Waals surface area contributed by atoms with E-state index in [0.29, 0.717) is 28.7 Å². The Balaban J connectivity index is 1.42. The van der Waals surface area contributed by atoms with Gasteiger partial charge in [-0.15, -0.1) is 0 Å². The van der Waals surface area contributed by atoms with Crippen LogP contribution in [-0.4, -0.2) is 43.3 Å². The second-order valence-corrected chi connectivity index (χ2v) is 6.05. The predicted molar refractivity (Wildman–Crippen MR) is 105 cm³/mol. The lowest BCUT2D eigenvalue weighted by molar-refractivity contribution is 0.0950. The minimum absolute atomic E-state index is 0.199. The zero-order valence-corrected chi connectivity index (χ0v) is 15.8. The molecule has 4 rings (SSSR count). The van der Waals surface area contributed by atoms with E-state index in [2.05, 4.69) is 20.7 Å². The van der Waals surface area contributed by atoms with Gasteiger partial charge >= 0.3 is 0 Å². The highest BCUT2D eigenvalue weighted by Gasteiger charge is 2.16. The zero-order chi connectivity index (χ0) is 20.2. The van der Waals surface area contributed by atoms with E-state index in [4.69, 9.17) is 18.9 Å². The first-order valence-electron chi connectivity index (χ1n) is 8.69. The Bertz CT molecular complexity index is 1080. The van der Waals surface area contributed by atoms with E-state index in [9.17, 15) is 4.79 Å². The van der Waals surface area contributed by atoms with Gasteiger partial charge in [-0.2, -0.15) is 10.2 Å². The van der Waals surface area contributed by atoms with Crippen molar-refractivity contribution in [2.24, 2.45) is 5.10 Å². The molecule has 1 aliphatic heterocycles. The first kappa shape index (κ1) is 18.4. The Morgan fingerprint density at radius 3 is 2.76 bits per heavy atom. The Labute approximate surface area is 166 Å². The first-order chi connectivity index (χ1) is 14.2. The van der Waals surface area contributed by atoms with E-state index in [1.165, 1.54) is 6.21 Å². The van der Waals surface area contributed by atoms with Crippen molar-refractivity contribution >= 4 is 12.1 Å². The molecular weight excluding hydrogens is 376 g/mol. The van der Waals surface area contributed by atoms with Crippen molar-refractivity contribution in [1.29, 1.82) is 0 Å². The Morgan fingerprint density at radius 2 is 1.93 bits per heavy atom. The normalized spacial score (nSPS) is 12.2. The molecular formula is C20H18N4O5. The number of benzene rings is 2. The molecule has 148 valence electrons. The molecule has 2 aromatic carbocycles. The summed E-state index contributed by atoms with van der Waals surface area (Å²) in [5.74, 6) is 2.11. The van der Waals surface area contributed by atoms with Crippen LogP contribution >= 0.6 is 0 Å². The summed E-state index contributed by atoms with van der Waals surface area (Å²) >= 11 is 0. The number of fused-ring (bicyclic) bond motifs is 1. The van der Waals surface area contributed by atoms with E-state index >= 15 is 0 Å². The van der Waals surface area contributed by atoms with Crippen molar-refractivity contribution in [2.45, 2.75) is 0 Å². The number of nitrogens with zero attached hydrogens (tertiary/aromatic N) is 2. The number of methoxy groups -OCH3 is 2. The molecule has 29 heavy (non-hydrogen) atoms. The average Bonchev–Trinajstić information content (AvgIpc) is 3.42. The van der Waals surface area contributed by atoms with Crippen LogP contribution in [0.15, 0.2) is 47.6 Å². The molecule has 0 fully saturated rings. The van der Waals surface area contributed by atoms with Crippen LogP contribution in [0.4, 0.5) is 0 Å². The van der Waals surface area contributed by atoms with E-state index in [1.807, 2.05) is 12.1 Å². The standard InChI is InChI=1S/C20H18N4O5/c1-26-16-5-3-12(7-18(16)27-2)10-21-24-20(25)15-9-14(22-23-15)13-4-6-17-19(8-13)29-11-28-17/h3-10H,11H2,1-2H3,(H,22,23)(H,24,25). The van der Waals surface area contributed by atoms with E-state index in [0.717, 1.165) is 11.1 Å². The number of carbonyl (C=O) groups excluding carboxylic acids is 1. The molecule has 3 aromatic rings. The highest BCUT2D eigenvalue weighted by Crippen LogP contribution is 2.35. The van der Waals surface area contributed by atoms with E-state index in [1.54, 1.807) is 44.6 Å². The number of ether oxygens (including phenoxy) is 4. The highest BCUT2D eigenvalue weighted by molar-refractivity contribution is 5.94. The van der Waals surface area contributed by atoms with Gasteiger partial charge in [-0.1, -0.05) is 0 Å². The van der Waals surface area contributed by atoms with Crippen LogP contribution in [0.5, 0.6) is 23.0 Å². The monoisotopic (exact) mass is 394 g/mol. The molecule has 0 unspecified atom stereocenters. The van der Waals surface area contributed by atoms with Crippen LogP contribution in [0.1, 0.15) is 16.1 Å². The third-order valence-electron chi connectivity index (χ3n) is 4.28. The van der Waals surface area contributed by atoms with Gasteiger partial charge in [0.1, 0.15) is 5.69 Å². The van der Waals surface area contributed by atoms with Crippen LogP contribution < -0.4 is 24.4 Å². The SMILES string of the molecule is COc1ccc(C=NNC(=O)c2cc(-c3ccc4c(c3)OCO4)n[nH]2)cc1OC. The molecule has 2 N–H and O–H groups in total. The van der Waals surface area contributed by atoms with Gasteiger partial charge < -0.3 is 18.9 Å². The average molecular weight is 394 g/mol. The summed E-state index contributed by atoms with van der Waals surface area (Å²) in [7, 11) is 3.12. The van der Waals surface area contributed by atoms with Gasteiger partial charge in [0.05, 0.1) is 26.1 Å². The maximum Gasteiger partial charge on any atom is 0.289 e. The van der Waals surface area contributed by atoms with E-state index in [-0.39, 0.29) is 12.5 Å². The molecule has 0 saturated heterocycles. The number of aromatic nitrogens is 2. The quantitative estimate of drug-likeness (QED) is 0.492. The number of carbonyl (C=O) groups is 1. The van der Waals surface area contributed by atoms with Crippen LogP contribution in [0.2, 0.25) is 0 Å². The molecule has 1 aromatic heterocycles. The van der Waals surface area contributed by atoms with Crippen molar-refractivity contribution in [2.75, 3.05) is 21.0 Å². The number of H-pyrrole nitrogens is 1. The fourth-order valence-corrected chi connectivity index (χ4v) is 2.80. The van der Waals surface area contributed by atoms with Crippen LogP contribution in [0.25, 0.3) is 11.3 Å². The zero-order valence-electron chi connectivity index (χ0n) is 15.8. The predicted octanol–water partition coefficient (Wildman–Crippen LogP) is 2.59. The minimum atomic E-state index is -0.416.